The molecule has 0 aromatic carbocycles. The van der Waals surface area contributed by atoms with E-state index in [2.05, 4.69) is 11.1 Å². The normalized spacial score (nSPS) is 20.0. The Morgan fingerprint density at radius 2 is 2.38 bits per heavy atom. The number of epoxide rings is 1. The Kier molecular flexibility index (Phi) is 2.19. The van der Waals surface area contributed by atoms with E-state index < -0.39 is 0 Å². The predicted octanol–water partition coefficient (Wildman–Crippen LogP) is 1.09. The van der Waals surface area contributed by atoms with Gasteiger partial charge in [0.05, 0.1) is 12.7 Å². The first kappa shape index (κ1) is 8.51. The molecular formula is C10H14N2O. The SMILES string of the molecule is CN(C)c1ncccc1CC1CO1. The zero-order valence-corrected chi connectivity index (χ0v) is 8.03. The Bertz CT molecular complexity index is 295. The molecule has 1 atom stereocenters. The first-order chi connectivity index (χ1) is 6.27. The average molecular weight is 178 g/mol. The van der Waals surface area contributed by atoms with E-state index >= 15 is 0 Å². The Hall–Kier alpha value is -1.09. The second kappa shape index (κ2) is 3.34. The first-order valence-electron chi connectivity index (χ1n) is 4.50. The highest BCUT2D eigenvalue weighted by atomic mass is 16.6. The van der Waals surface area contributed by atoms with Crippen LogP contribution in [0.4, 0.5) is 5.82 Å². The van der Waals surface area contributed by atoms with Crippen LogP contribution in [0, 0.1) is 0 Å². The lowest BCUT2D eigenvalue weighted by molar-refractivity contribution is 0.407. The highest BCUT2D eigenvalue weighted by Gasteiger charge is 2.24. The summed E-state index contributed by atoms with van der Waals surface area (Å²) in [7, 11) is 4.03. The molecule has 2 heterocycles. The summed E-state index contributed by atoms with van der Waals surface area (Å²) in [5.74, 6) is 1.05. The summed E-state index contributed by atoms with van der Waals surface area (Å²) in [4.78, 5) is 6.37. The molecule has 0 aliphatic carbocycles. The van der Waals surface area contributed by atoms with Crippen LogP contribution >= 0.6 is 0 Å². The number of pyridine rings is 1. The monoisotopic (exact) mass is 178 g/mol. The van der Waals surface area contributed by atoms with Gasteiger partial charge in [0, 0.05) is 26.7 Å². The Labute approximate surface area is 78.3 Å². The van der Waals surface area contributed by atoms with Crippen molar-refractivity contribution in [2.24, 2.45) is 0 Å². The second-order valence-electron chi connectivity index (χ2n) is 3.54. The van der Waals surface area contributed by atoms with E-state index in [-0.39, 0.29) is 0 Å². The molecule has 0 saturated carbocycles. The molecule has 1 aliphatic heterocycles. The fourth-order valence-electron chi connectivity index (χ4n) is 1.42. The minimum atomic E-state index is 0.433. The van der Waals surface area contributed by atoms with Crippen molar-refractivity contribution in [3.63, 3.8) is 0 Å². The summed E-state index contributed by atoms with van der Waals surface area (Å²) >= 11 is 0. The molecule has 0 spiro atoms. The molecule has 70 valence electrons. The number of ether oxygens (including phenoxy) is 1. The van der Waals surface area contributed by atoms with Gasteiger partial charge in [-0.2, -0.15) is 0 Å². The molecular weight excluding hydrogens is 164 g/mol. The molecule has 1 aromatic heterocycles. The zero-order valence-electron chi connectivity index (χ0n) is 8.03. The van der Waals surface area contributed by atoms with Crippen LogP contribution in [-0.4, -0.2) is 31.8 Å². The summed E-state index contributed by atoms with van der Waals surface area (Å²) in [6.07, 6.45) is 3.25. The number of nitrogens with zero attached hydrogens (tertiary/aromatic N) is 2. The molecule has 1 unspecified atom stereocenters. The summed E-state index contributed by atoms with van der Waals surface area (Å²) < 4.78 is 5.20. The Morgan fingerprint density at radius 1 is 1.62 bits per heavy atom. The van der Waals surface area contributed by atoms with Crippen molar-refractivity contribution in [1.82, 2.24) is 4.98 Å². The van der Waals surface area contributed by atoms with E-state index in [9.17, 15) is 0 Å². The molecule has 2 rings (SSSR count). The maximum Gasteiger partial charge on any atom is 0.131 e. The third-order valence-corrected chi connectivity index (χ3v) is 2.14. The van der Waals surface area contributed by atoms with E-state index in [1.165, 1.54) is 5.56 Å². The van der Waals surface area contributed by atoms with E-state index in [4.69, 9.17) is 4.74 Å². The number of hydrogen-bond donors (Lipinski definition) is 0. The van der Waals surface area contributed by atoms with E-state index in [1.54, 1.807) is 0 Å². The standard InChI is InChI=1S/C10H14N2O/c1-12(2)10-8(4-3-5-11-10)6-9-7-13-9/h3-5,9H,6-7H2,1-2H3. The van der Waals surface area contributed by atoms with E-state index in [0.29, 0.717) is 6.10 Å². The van der Waals surface area contributed by atoms with Crippen molar-refractivity contribution < 1.29 is 4.74 Å². The number of hydrogen-bond acceptors (Lipinski definition) is 3. The van der Waals surface area contributed by atoms with Crippen LogP contribution < -0.4 is 4.90 Å². The lowest BCUT2D eigenvalue weighted by atomic mass is 10.1. The lowest BCUT2D eigenvalue weighted by Gasteiger charge is -2.14. The fourth-order valence-corrected chi connectivity index (χ4v) is 1.42. The van der Waals surface area contributed by atoms with E-state index in [0.717, 1.165) is 18.8 Å². The Balaban J connectivity index is 2.20. The van der Waals surface area contributed by atoms with Gasteiger partial charge in [0.15, 0.2) is 0 Å². The molecule has 1 aromatic rings. The second-order valence-corrected chi connectivity index (χ2v) is 3.54. The van der Waals surface area contributed by atoms with E-state index in [1.807, 2.05) is 31.3 Å². The van der Waals surface area contributed by atoms with Crippen LogP contribution in [0.5, 0.6) is 0 Å². The quantitative estimate of drug-likeness (QED) is 0.649. The maximum absolute atomic E-state index is 5.20. The maximum atomic E-state index is 5.20. The molecule has 0 radical (unpaired) electrons. The zero-order chi connectivity index (χ0) is 9.26. The summed E-state index contributed by atoms with van der Waals surface area (Å²) in [6, 6.07) is 4.09. The third-order valence-electron chi connectivity index (χ3n) is 2.14. The van der Waals surface area contributed by atoms with Crippen molar-refractivity contribution in [2.45, 2.75) is 12.5 Å². The first-order valence-corrected chi connectivity index (χ1v) is 4.50. The molecule has 13 heavy (non-hydrogen) atoms. The van der Waals surface area contributed by atoms with Gasteiger partial charge in [0.2, 0.25) is 0 Å². The van der Waals surface area contributed by atoms with Gasteiger partial charge in [-0.15, -0.1) is 0 Å². The lowest BCUT2D eigenvalue weighted by Crippen LogP contribution is -2.13. The molecule has 0 amide bonds. The Morgan fingerprint density at radius 3 is 3.00 bits per heavy atom. The number of anilines is 1. The third kappa shape index (κ3) is 1.98. The fraction of sp³-hybridized carbons (Fsp3) is 0.500. The molecule has 0 N–H and O–H groups in total. The van der Waals surface area contributed by atoms with Crippen LogP contribution in [0.15, 0.2) is 18.3 Å². The van der Waals surface area contributed by atoms with Crippen LogP contribution in [0.3, 0.4) is 0 Å². The highest BCUT2D eigenvalue weighted by molar-refractivity contribution is 5.45. The highest BCUT2D eigenvalue weighted by Crippen LogP contribution is 2.21. The van der Waals surface area contributed by atoms with Crippen LogP contribution in [-0.2, 0) is 11.2 Å². The van der Waals surface area contributed by atoms with Crippen molar-refractivity contribution >= 4 is 5.82 Å². The van der Waals surface area contributed by atoms with Gasteiger partial charge in [-0.05, 0) is 11.6 Å². The predicted molar refractivity (Wildman–Crippen MR) is 52.0 cm³/mol. The smallest absolute Gasteiger partial charge is 0.131 e. The molecule has 0 bridgehead atoms. The minimum absolute atomic E-state index is 0.433. The number of aromatic nitrogens is 1. The van der Waals surface area contributed by atoms with Crippen molar-refractivity contribution in [3.05, 3.63) is 23.9 Å². The topological polar surface area (TPSA) is 28.7 Å². The molecule has 1 aliphatic rings. The van der Waals surface area contributed by atoms with Crippen LogP contribution in [0.1, 0.15) is 5.56 Å². The average Bonchev–Trinajstić information content (AvgIpc) is 2.89. The van der Waals surface area contributed by atoms with Crippen molar-refractivity contribution in [2.75, 3.05) is 25.6 Å². The van der Waals surface area contributed by atoms with Gasteiger partial charge in [-0.1, -0.05) is 6.07 Å². The van der Waals surface area contributed by atoms with Gasteiger partial charge < -0.3 is 9.64 Å². The summed E-state index contributed by atoms with van der Waals surface area (Å²) in [5, 5.41) is 0. The van der Waals surface area contributed by atoms with Crippen LogP contribution in [0.25, 0.3) is 0 Å². The van der Waals surface area contributed by atoms with Crippen molar-refractivity contribution in [1.29, 1.82) is 0 Å². The van der Waals surface area contributed by atoms with Gasteiger partial charge in [-0.3, -0.25) is 0 Å². The largest absolute Gasteiger partial charge is 0.373 e. The molecule has 3 nitrogen and oxygen atoms in total. The van der Waals surface area contributed by atoms with Gasteiger partial charge >= 0.3 is 0 Å². The number of rotatable bonds is 3. The summed E-state index contributed by atoms with van der Waals surface area (Å²) in [6.45, 7) is 0.905. The van der Waals surface area contributed by atoms with Gasteiger partial charge in [0.1, 0.15) is 5.82 Å². The molecule has 3 heteroatoms. The minimum Gasteiger partial charge on any atom is -0.373 e. The van der Waals surface area contributed by atoms with Gasteiger partial charge in [0.25, 0.3) is 0 Å². The molecule has 1 saturated heterocycles. The van der Waals surface area contributed by atoms with Gasteiger partial charge in [-0.25, -0.2) is 4.98 Å². The van der Waals surface area contributed by atoms with Crippen LogP contribution in [0.2, 0.25) is 0 Å². The summed E-state index contributed by atoms with van der Waals surface area (Å²) in [5.41, 5.74) is 1.27. The van der Waals surface area contributed by atoms with Crippen molar-refractivity contribution in [3.8, 4) is 0 Å². The molecule has 1 fully saturated rings.